The molecule has 0 saturated carbocycles. The van der Waals surface area contributed by atoms with Crippen molar-refractivity contribution >= 4 is 34.9 Å². The van der Waals surface area contributed by atoms with E-state index in [9.17, 15) is 9.59 Å². The third-order valence-corrected chi connectivity index (χ3v) is 5.03. The third kappa shape index (κ3) is 6.60. The van der Waals surface area contributed by atoms with Gasteiger partial charge in [0.15, 0.2) is 0 Å². The fourth-order valence-electron chi connectivity index (χ4n) is 3.40. The molecule has 0 aliphatic rings. The molecule has 1 heterocycles. The molecule has 1 amide bonds. The van der Waals surface area contributed by atoms with Crippen LogP contribution in [0, 0.1) is 0 Å². The van der Waals surface area contributed by atoms with Gasteiger partial charge in [-0.05, 0) is 63.1 Å². The van der Waals surface area contributed by atoms with Gasteiger partial charge in [-0.15, -0.1) is 0 Å². The van der Waals surface area contributed by atoms with E-state index < -0.39 is 11.7 Å². The quantitative estimate of drug-likeness (QED) is 0.310. The number of fused-ring (bicyclic) bond motifs is 1. The van der Waals surface area contributed by atoms with Crippen molar-refractivity contribution in [3.05, 3.63) is 65.5 Å². The summed E-state index contributed by atoms with van der Waals surface area (Å²) in [7, 11) is 1.92. The molecule has 0 saturated heterocycles. The third-order valence-electron chi connectivity index (χ3n) is 5.03. The number of hydrogen-bond donors (Lipinski definition) is 1. The number of carbonyl (C=O) groups is 2. The van der Waals surface area contributed by atoms with Gasteiger partial charge >= 0.3 is 12.1 Å². The van der Waals surface area contributed by atoms with Crippen molar-refractivity contribution in [2.75, 3.05) is 12.3 Å². The van der Waals surface area contributed by atoms with Crippen LogP contribution in [0.15, 0.2) is 48.5 Å². The van der Waals surface area contributed by atoms with Gasteiger partial charge in [-0.2, -0.15) is 0 Å². The number of rotatable bonds is 7. The Labute approximate surface area is 200 Å². The zero-order chi connectivity index (χ0) is 24.9. The Morgan fingerprint density at radius 2 is 1.82 bits per heavy atom. The number of hydrogen-bond acceptors (Lipinski definition) is 6. The number of carbonyl (C=O) groups excluding carboxylic acids is 2. The number of amides is 1. The van der Waals surface area contributed by atoms with Crippen LogP contribution < -0.4 is 5.73 Å². The highest BCUT2D eigenvalue weighted by molar-refractivity contribution is 5.87. The number of nitrogen functional groups attached to an aromatic ring is 1. The lowest BCUT2D eigenvalue weighted by Gasteiger charge is -2.27. The van der Waals surface area contributed by atoms with Crippen molar-refractivity contribution in [2.24, 2.45) is 7.05 Å². The molecule has 3 rings (SSSR count). The monoisotopic (exact) mass is 464 g/mol. The van der Waals surface area contributed by atoms with Gasteiger partial charge in [0.1, 0.15) is 11.4 Å². The summed E-state index contributed by atoms with van der Waals surface area (Å²) in [6.45, 7) is 8.22. The van der Waals surface area contributed by atoms with Gasteiger partial charge in [0.2, 0.25) is 0 Å². The molecule has 34 heavy (non-hydrogen) atoms. The molecule has 3 aromatic rings. The molecule has 180 valence electrons. The van der Waals surface area contributed by atoms with Gasteiger partial charge in [-0.1, -0.05) is 24.3 Å². The van der Waals surface area contributed by atoms with Crippen molar-refractivity contribution in [3.8, 4) is 0 Å². The summed E-state index contributed by atoms with van der Waals surface area (Å²) >= 11 is 0. The first kappa shape index (κ1) is 24.8. The standard InChI is InChI=1S/C26H32N4O4/c1-6-33-24(31)14-11-18-7-9-19(10-8-18)16-30(25(32)34-26(2,3)4)17-23-28-21-15-20(27)12-13-22(21)29(23)5/h7-15H,6,16-17,27H2,1-5H3/b14-11+. The van der Waals surface area contributed by atoms with E-state index in [4.69, 9.17) is 15.2 Å². The van der Waals surface area contributed by atoms with E-state index in [1.54, 1.807) is 17.9 Å². The van der Waals surface area contributed by atoms with E-state index in [0.717, 1.165) is 28.0 Å². The first-order valence-corrected chi connectivity index (χ1v) is 11.2. The summed E-state index contributed by atoms with van der Waals surface area (Å²) in [6, 6.07) is 13.2. The Balaban J connectivity index is 1.82. The molecule has 0 fully saturated rings. The number of anilines is 1. The fourth-order valence-corrected chi connectivity index (χ4v) is 3.40. The topological polar surface area (TPSA) is 99.7 Å². The van der Waals surface area contributed by atoms with Crippen molar-refractivity contribution in [1.82, 2.24) is 14.5 Å². The molecule has 1 aromatic heterocycles. The van der Waals surface area contributed by atoms with E-state index in [2.05, 4.69) is 4.98 Å². The average Bonchev–Trinajstić information content (AvgIpc) is 3.06. The molecular formula is C26H32N4O4. The maximum absolute atomic E-state index is 13.0. The number of nitrogens with two attached hydrogens (primary N) is 1. The smallest absolute Gasteiger partial charge is 0.410 e. The van der Waals surface area contributed by atoms with Crippen LogP contribution in [0.2, 0.25) is 0 Å². The van der Waals surface area contributed by atoms with E-state index in [-0.39, 0.29) is 12.5 Å². The molecule has 0 atom stereocenters. The van der Waals surface area contributed by atoms with Crippen LogP contribution in [0.5, 0.6) is 0 Å². The highest BCUT2D eigenvalue weighted by Crippen LogP contribution is 2.21. The maximum Gasteiger partial charge on any atom is 0.410 e. The Hall–Kier alpha value is -3.81. The summed E-state index contributed by atoms with van der Waals surface area (Å²) in [5, 5.41) is 0. The Kier molecular flexibility index (Phi) is 7.61. The van der Waals surface area contributed by atoms with E-state index in [1.807, 2.05) is 74.9 Å². The lowest BCUT2D eigenvalue weighted by atomic mass is 10.1. The molecule has 2 N–H and O–H groups in total. The second-order valence-corrected chi connectivity index (χ2v) is 9.00. The molecule has 0 bridgehead atoms. The highest BCUT2D eigenvalue weighted by atomic mass is 16.6. The Bertz CT molecular complexity index is 1190. The SMILES string of the molecule is CCOC(=O)/C=C/c1ccc(CN(Cc2nc3cc(N)ccc3n2C)C(=O)OC(C)(C)C)cc1. The first-order chi connectivity index (χ1) is 16.1. The predicted octanol–water partition coefficient (Wildman–Crippen LogP) is 4.67. The summed E-state index contributed by atoms with van der Waals surface area (Å²) in [4.78, 5) is 30.9. The van der Waals surface area contributed by atoms with Crippen molar-refractivity contribution in [2.45, 2.75) is 46.4 Å². The normalized spacial score (nSPS) is 11.7. The summed E-state index contributed by atoms with van der Waals surface area (Å²) in [5.74, 6) is 0.340. The van der Waals surface area contributed by atoms with Crippen LogP contribution in [0.4, 0.5) is 10.5 Å². The van der Waals surface area contributed by atoms with Gasteiger partial charge in [-0.25, -0.2) is 14.6 Å². The van der Waals surface area contributed by atoms with Crippen molar-refractivity contribution in [3.63, 3.8) is 0 Å². The number of esters is 1. The molecular weight excluding hydrogens is 432 g/mol. The van der Waals surface area contributed by atoms with E-state index in [1.165, 1.54) is 6.08 Å². The van der Waals surface area contributed by atoms with Crippen LogP contribution in [0.25, 0.3) is 17.1 Å². The number of nitrogens with zero attached hydrogens (tertiary/aromatic N) is 3. The van der Waals surface area contributed by atoms with Gasteiger partial charge in [0.25, 0.3) is 0 Å². The second-order valence-electron chi connectivity index (χ2n) is 9.00. The van der Waals surface area contributed by atoms with Crippen LogP contribution in [0.3, 0.4) is 0 Å². The predicted molar refractivity (Wildman–Crippen MR) is 133 cm³/mol. The largest absolute Gasteiger partial charge is 0.463 e. The van der Waals surface area contributed by atoms with Crippen molar-refractivity contribution < 1.29 is 19.1 Å². The number of ether oxygens (including phenoxy) is 2. The van der Waals surface area contributed by atoms with Crippen molar-refractivity contribution in [1.29, 1.82) is 0 Å². The van der Waals surface area contributed by atoms with Gasteiger partial charge in [0, 0.05) is 25.4 Å². The maximum atomic E-state index is 13.0. The summed E-state index contributed by atoms with van der Waals surface area (Å²) < 4.78 is 12.5. The van der Waals surface area contributed by atoms with Gasteiger partial charge < -0.3 is 19.8 Å². The van der Waals surface area contributed by atoms with Crippen LogP contribution >= 0.6 is 0 Å². The molecule has 8 heteroatoms. The van der Waals surface area contributed by atoms with Crippen LogP contribution in [-0.2, 0) is 34.4 Å². The number of benzene rings is 2. The Morgan fingerprint density at radius 1 is 1.12 bits per heavy atom. The zero-order valence-corrected chi connectivity index (χ0v) is 20.4. The number of imidazole rings is 1. The lowest BCUT2D eigenvalue weighted by molar-refractivity contribution is -0.137. The molecule has 0 aliphatic carbocycles. The minimum Gasteiger partial charge on any atom is -0.463 e. The summed E-state index contributed by atoms with van der Waals surface area (Å²) in [5.41, 5.74) is 9.40. The first-order valence-electron chi connectivity index (χ1n) is 11.2. The van der Waals surface area contributed by atoms with Gasteiger partial charge in [0.05, 0.1) is 24.2 Å². The Morgan fingerprint density at radius 3 is 2.47 bits per heavy atom. The highest BCUT2D eigenvalue weighted by Gasteiger charge is 2.24. The lowest BCUT2D eigenvalue weighted by Crippen LogP contribution is -2.36. The minimum atomic E-state index is -0.627. The molecule has 0 unspecified atom stereocenters. The zero-order valence-electron chi connectivity index (χ0n) is 20.4. The van der Waals surface area contributed by atoms with E-state index in [0.29, 0.717) is 18.8 Å². The van der Waals surface area contributed by atoms with Gasteiger partial charge in [-0.3, -0.25) is 4.90 Å². The summed E-state index contributed by atoms with van der Waals surface area (Å²) in [6.07, 6.45) is 2.66. The van der Waals surface area contributed by atoms with E-state index >= 15 is 0 Å². The second kappa shape index (κ2) is 10.4. The molecule has 2 aromatic carbocycles. The number of aryl methyl sites for hydroxylation is 1. The molecule has 0 radical (unpaired) electrons. The number of aromatic nitrogens is 2. The molecule has 0 spiro atoms. The van der Waals surface area contributed by atoms with Crippen LogP contribution in [-0.4, -0.2) is 38.7 Å². The average molecular weight is 465 g/mol. The van der Waals surface area contributed by atoms with Crippen LogP contribution in [0.1, 0.15) is 44.6 Å². The molecule has 0 aliphatic heterocycles. The fraction of sp³-hybridized carbons (Fsp3) is 0.346. The minimum absolute atomic E-state index is 0.268. The molecule has 8 nitrogen and oxygen atoms in total.